The molecule has 0 aliphatic rings. The molecule has 0 radical (unpaired) electrons. The summed E-state index contributed by atoms with van der Waals surface area (Å²) in [6, 6.07) is 5.82. The van der Waals surface area contributed by atoms with Gasteiger partial charge in [-0.2, -0.15) is 0 Å². The Morgan fingerprint density at radius 2 is 2.15 bits per heavy atom. The van der Waals surface area contributed by atoms with Crippen LogP contribution in [0.15, 0.2) is 22.7 Å². The van der Waals surface area contributed by atoms with Crippen LogP contribution in [0.3, 0.4) is 0 Å². The third-order valence-corrected chi connectivity index (χ3v) is 3.67. The van der Waals surface area contributed by atoms with E-state index in [4.69, 9.17) is 10.5 Å². The molecule has 0 spiro atoms. The molecule has 0 saturated carbocycles. The van der Waals surface area contributed by atoms with Crippen LogP contribution in [0.2, 0.25) is 0 Å². The van der Waals surface area contributed by atoms with Crippen LogP contribution in [0.25, 0.3) is 0 Å². The van der Waals surface area contributed by atoms with Crippen LogP contribution in [0.5, 0.6) is 5.75 Å². The molecule has 3 N–H and O–H groups in total. The van der Waals surface area contributed by atoms with Crippen LogP contribution < -0.4 is 15.8 Å². The van der Waals surface area contributed by atoms with Gasteiger partial charge in [0.2, 0.25) is 0 Å². The van der Waals surface area contributed by atoms with Crippen molar-refractivity contribution in [2.75, 3.05) is 0 Å². The maximum atomic E-state index is 12.1. The largest absolute Gasteiger partial charge is 0.479 e. The number of carbonyl (C=O) groups is 1. The Balaban J connectivity index is 2.70. The van der Waals surface area contributed by atoms with E-state index in [2.05, 4.69) is 28.2 Å². The molecule has 112 valence electrons. The van der Waals surface area contributed by atoms with Gasteiger partial charge in [-0.05, 0) is 42.3 Å². The molecule has 0 heterocycles. The minimum Gasteiger partial charge on any atom is -0.479 e. The summed E-state index contributed by atoms with van der Waals surface area (Å²) in [6.45, 7) is 6.21. The second-order valence-corrected chi connectivity index (χ2v) is 5.74. The number of amides is 1. The first kappa shape index (κ1) is 17.0. The van der Waals surface area contributed by atoms with E-state index in [9.17, 15) is 4.79 Å². The van der Waals surface area contributed by atoms with Crippen molar-refractivity contribution in [1.29, 1.82) is 0 Å². The molecular formula is C15H23BrN2O2. The van der Waals surface area contributed by atoms with Crippen LogP contribution in [0.1, 0.15) is 39.2 Å². The van der Waals surface area contributed by atoms with E-state index in [1.807, 2.05) is 25.1 Å². The van der Waals surface area contributed by atoms with Crippen LogP contribution in [0.4, 0.5) is 0 Å². The van der Waals surface area contributed by atoms with E-state index in [1.54, 1.807) is 6.92 Å². The fourth-order valence-electron chi connectivity index (χ4n) is 1.94. The summed E-state index contributed by atoms with van der Waals surface area (Å²) in [5.41, 5.74) is 6.57. The Bertz CT molecular complexity index is 451. The monoisotopic (exact) mass is 342 g/mol. The molecule has 5 heteroatoms. The number of nitrogens with one attached hydrogen (secondary N) is 1. The number of rotatable bonds is 7. The Labute approximate surface area is 129 Å². The molecule has 0 aromatic heterocycles. The standard InChI is InChI=1S/C15H23BrN2O2/c1-4-6-10(2)18-15(19)11(3)20-14-12(9-17)7-5-8-13(14)16/h5,7-8,10-11H,4,6,9,17H2,1-3H3,(H,18,19). The molecule has 0 bridgehead atoms. The summed E-state index contributed by atoms with van der Waals surface area (Å²) in [5.74, 6) is 0.533. The Hall–Kier alpha value is -1.07. The van der Waals surface area contributed by atoms with Crippen molar-refractivity contribution in [1.82, 2.24) is 5.32 Å². The lowest BCUT2D eigenvalue weighted by atomic mass is 10.2. The number of hydrogen-bond donors (Lipinski definition) is 2. The van der Waals surface area contributed by atoms with Gasteiger partial charge in [0.15, 0.2) is 6.10 Å². The first-order valence-electron chi connectivity index (χ1n) is 6.94. The van der Waals surface area contributed by atoms with Crippen LogP contribution in [0, 0.1) is 0 Å². The number of halogens is 1. The third-order valence-electron chi connectivity index (χ3n) is 3.04. The van der Waals surface area contributed by atoms with Crippen LogP contribution in [-0.4, -0.2) is 18.1 Å². The van der Waals surface area contributed by atoms with Crippen molar-refractivity contribution < 1.29 is 9.53 Å². The number of para-hydroxylation sites is 1. The maximum Gasteiger partial charge on any atom is 0.260 e. The highest BCUT2D eigenvalue weighted by Crippen LogP contribution is 2.29. The van der Waals surface area contributed by atoms with E-state index >= 15 is 0 Å². The number of ether oxygens (including phenoxy) is 1. The fraction of sp³-hybridized carbons (Fsp3) is 0.533. The Morgan fingerprint density at radius 1 is 1.45 bits per heavy atom. The predicted molar refractivity (Wildman–Crippen MR) is 84.6 cm³/mol. The van der Waals surface area contributed by atoms with Gasteiger partial charge in [-0.1, -0.05) is 25.5 Å². The average Bonchev–Trinajstić information content (AvgIpc) is 2.41. The summed E-state index contributed by atoms with van der Waals surface area (Å²) >= 11 is 3.43. The number of nitrogens with two attached hydrogens (primary N) is 1. The molecule has 4 nitrogen and oxygen atoms in total. The molecule has 1 aromatic rings. The summed E-state index contributed by atoms with van der Waals surface area (Å²) in [5, 5.41) is 2.95. The zero-order valence-corrected chi connectivity index (χ0v) is 13.9. The van der Waals surface area contributed by atoms with Crippen molar-refractivity contribution in [3.8, 4) is 5.75 Å². The second-order valence-electron chi connectivity index (χ2n) is 4.89. The van der Waals surface area contributed by atoms with Crippen LogP contribution >= 0.6 is 15.9 Å². The first-order valence-corrected chi connectivity index (χ1v) is 7.73. The van der Waals surface area contributed by atoms with Gasteiger partial charge < -0.3 is 15.8 Å². The van der Waals surface area contributed by atoms with Gasteiger partial charge in [0.05, 0.1) is 4.47 Å². The summed E-state index contributed by atoms with van der Waals surface area (Å²) < 4.78 is 6.58. The zero-order chi connectivity index (χ0) is 15.1. The van der Waals surface area contributed by atoms with Crippen molar-refractivity contribution in [3.05, 3.63) is 28.2 Å². The molecular weight excluding hydrogens is 320 g/mol. The summed E-state index contributed by atoms with van der Waals surface area (Å²) in [4.78, 5) is 12.1. The van der Waals surface area contributed by atoms with Gasteiger partial charge in [-0.3, -0.25) is 4.79 Å². The molecule has 0 fully saturated rings. The van der Waals surface area contributed by atoms with E-state index in [0.29, 0.717) is 12.3 Å². The van der Waals surface area contributed by atoms with E-state index in [1.165, 1.54) is 0 Å². The third kappa shape index (κ3) is 4.80. The summed E-state index contributed by atoms with van der Waals surface area (Å²) in [7, 11) is 0. The predicted octanol–water partition coefficient (Wildman–Crippen LogP) is 2.98. The van der Waals surface area contributed by atoms with E-state index in [-0.39, 0.29) is 11.9 Å². The Kier molecular flexibility index (Phi) is 7.02. The number of carbonyl (C=O) groups excluding carboxylic acids is 1. The first-order chi connectivity index (χ1) is 9.49. The van der Waals surface area contributed by atoms with Gasteiger partial charge in [0, 0.05) is 18.2 Å². The molecule has 1 amide bonds. The molecule has 0 aliphatic carbocycles. The van der Waals surface area contributed by atoms with Gasteiger partial charge in [0.25, 0.3) is 5.91 Å². The van der Waals surface area contributed by atoms with Gasteiger partial charge in [-0.15, -0.1) is 0 Å². The topological polar surface area (TPSA) is 64.3 Å². The van der Waals surface area contributed by atoms with Crippen molar-refractivity contribution in [2.45, 2.75) is 52.3 Å². The number of benzene rings is 1. The highest BCUT2D eigenvalue weighted by molar-refractivity contribution is 9.10. The fourth-order valence-corrected chi connectivity index (χ4v) is 2.44. The number of hydrogen-bond acceptors (Lipinski definition) is 3. The second kappa shape index (κ2) is 8.27. The highest BCUT2D eigenvalue weighted by Gasteiger charge is 2.19. The van der Waals surface area contributed by atoms with Crippen molar-refractivity contribution >= 4 is 21.8 Å². The van der Waals surface area contributed by atoms with Crippen molar-refractivity contribution in [3.63, 3.8) is 0 Å². The lowest BCUT2D eigenvalue weighted by molar-refractivity contribution is -0.127. The van der Waals surface area contributed by atoms with E-state index in [0.717, 1.165) is 22.9 Å². The molecule has 20 heavy (non-hydrogen) atoms. The normalized spacial score (nSPS) is 13.7. The van der Waals surface area contributed by atoms with Gasteiger partial charge in [-0.25, -0.2) is 0 Å². The molecule has 2 unspecified atom stereocenters. The smallest absolute Gasteiger partial charge is 0.260 e. The SMILES string of the molecule is CCCC(C)NC(=O)C(C)Oc1c(Br)cccc1CN. The quantitative estimate of drug-likeness (QED) is 0.800. The molecule has 1 rings (SSSR count). The molecule has 0 saturated heterocycles. The molecule has 2 atom stereocenters. The minimum absolute atomic E-state index is 0.107. The zero-order valence-electron chi connectivity index (χ0n) is 12.3. The highest BCUT2D eigenvalue weighted by atomic mass is 79.9. The van der Waals surface area contributed by atoms with E-state index < -0.39 is 6.10 Å². The van der Waals surface area contributed by atoms with Crippen molar-refractivity contribution in [2.24, 2.45) is 5.73 Å². The lowest BCUT2D eigenvalue weighted by Crippen LogP contribution is -2.41. The Morgan fingerprint density at radius 3 is 2.75 bits per heavy atom. The van der Waals surface area contributed by atoms with Gasteiger partial charge >= 0.3 is 0 Å². The lowest BCUT2D eigenvalue weighted by Gasteiger charge is -2.20. The maximum absolute atomic E-state index is 12.1. The average molecular weight is 343 g/mol. The summed E-state index contributed by atoms with van der Waals surface area (Å²) in [6.07, 6.45) is 1.44. The molecule has 0 aliphatic heterocycles. The molecule has 1 aromatic carbocycles. The van der Waals surface area contributed by atoms with Crippen LogP contribution in [-0.2, 0) is 11.3 Å². The minimum atomic E-state index is -0.557. The van der Waals surface area contributed by atoms with Gasteiger partial charge in [0.1, 0.15) is 5.75 Å².